The molecule has 3 rings (SSSR count). The van der Waals surface area contributed by atoms with E-state index in [2.05, 4.69) is 15.1 Å². The Bertz CT molecular complexity index is 973. The molecular weight excluding hydrogens is 389 g/mol. The van der Waals surface area contributed by atoms with E-state index in [1.54, 1.807) is 13.8 Å². The molecule has 25 heavy (non-hydrogen) atoms. The van der Waals surface area contributed by atoms with E-state index < -0.39 is 0 Å². The first-order valence-electron chi connectivity index (χ1n) is 7.06. The van der Waals surface area contributed by atoms with Gasteiger partial charge in [0.05, 0.1) is 28.4 Å². The highest BCUT2D eigenvalue weighted by atomic mass is 35.5. The van der Waals surface area contributed by atoms with E-state index in [0.717, 1.165) is 0 Å². The van der Waals surface area contributed by atoms with Crippen LogP contribution in [0.15, 0.2) is 16.7 Å². The van der Waals surface area contributed by atoms with Crippen LogP contribution in [0.5, 0.6) is 11.5 Å². The van der Waals surface area contributed by atoms with Gasteiger partial charge in [0.15, 0.2) is 11.5 Å². The smallest absolute Gasteiger partial charge is 0.258 e. The Morgan fingerprint density at radius 3 is 2.52 bits per heavy atom. The van der Waals surface area contributed by atoms with Crippen molar-refractivity contribution in [1.29, 1.82) is 0 Å². The van der Waals surface area contributed by atoms with Crippen LogP contribution >= 0.6 is 34.8 Å². The fraction of sp³-hybridized carbons (Fsp3) is 0.188. The highest BCUT2D eigenvalue weighted by molar-refractivity contribution is 6.35. The van der Waals surface area contributed by atoms with Gasteiger partial charge in [-0.3, -0.25) is 0 Å². The summed E-state index contributed by atoms with van der Waals surface area (Å²) in [5.41, 5.74) is 2.29. The van der Waals surface area contributed by atoms with Gasteiger partial charge in [0.25, 0.3) is 5.89 Å². The summed E-state index contributed by atoms with van der Waals surface area (Å²) in [5.74, 6) is 0.454. The molecule has 0 atom stereocenters. The number of rotatable bonds is 3. The van der Waals surface area contributed by atoms with Crippen molar-refractivity contribution in [2.24, 2.45) is 0 Å². The number of hydrogen-bond donors (Lipinski definition) is 1. The minimum Gasteiger partial charge on any atom is -0.503 e. The monoisotopic (exact) mass is 399 g/mol. The number of ether oxygens (including phenoxy) is 1. The number of halogens is 3. The van der Waals surface area contributed by atoms with Crippen LogP contribution in [0.3, 0.4) is 0 Å². The van der Waals surface area contributed by atoms with E-state index in [-0.39, 0.29) is 33.4 Å². The lowest BCUT2D eigenvalue weighted by Gasteiger charge is -2.08. The van der Waals surface area contributed by atoms with E-state index in [4.69, 9.17) is 44.1 Å². The van der Waals surface area contributed by atoms with Crippen LogP contribution in [-0.4, -0.2) is 27.3 Å². The van der Waals surface area contributed by atoms with Gasteiger partial charge in [-0.25, -0.2) is 4.98 Å². The first kappa shape index (κ1) is 17.8. The number of aromatic nitrogens is 3. The topological polar surface area (TPSA) is 81.3 Å². The number of nitrogens with zero attached hydrogens (tertiary/aromatic N) is 3. The molecule has 0 spiro atoms. The molecule has 0 saturated carbocycles. The molecule has 1 N–H and O–H groups in total. The Hall–Kier alpha value is -2.02. The fourth-order valence-corrected chi connectivity index (χ4v) is 3.04. The summed E-state index contributed by atoms with van der Waals surface area (Å²) in [6, 6.07) is 3.03. The van der Waals surface area contributed by atoms with Crippen molar-refractivity contribution in [2.45, 2.75) is 13.8 Å². The quantitative estimate of drug-likeness (QED) is 0.617. The van der Waals surface area contributed by atoms with Crippen LogP contribution in [0.1, 0.15) is 11.3 Å². The number of pyridine rings is 1. The van der Waals surface area contributed by atoms with Crippen LogP contribution < -0.4 is 4.74 Å². The molecule has 0 amide bonds. The van der Waals surface area contributed by atoms with Gasteiger partial charge >= 0.3 is 0 Å². The van der Waals surface area contributed by atoms with Crippen molar-refractivity contribution in [3.05, 3.63) is 38.6 Å². The van der Waals surface area contributed by atoms with E-state index in [1.807, 2.05) is 0 Å². The van der Waals surface area contributed by atoms with Gasteiger partial charge in [0, 0.05) is 5.56 Å². The summed E-state index contributed by atoms with van der Waals surface area (Å²) >= 11 is 18.5. The zero-order chi connectivity index (χ0) is 18.3. The molecule has 2 aromatic heterocycles. The van der Waals surface area contributed by atoms with Crippen molar-refractivity contribution < 1.29 is 14.4 Å². The van der Waals surface area contributed by atoms with E-state index >= 15 is 0 Å². The molecule has 0 radical (unpaired) electrons. The predicted molar refractivity (Wildman–Crippen MR) is 95.7 cm³/mol. The third-order valence-electron chi connectivity index (χ3n) is 3.64. The van der Waals surface area contributed by atoms with E-state index in [1.165, 1.54) is 19.2 Å². The zero-order valence-corrected chi connectivity index (χ0v) is 15.7. The highest BCUT2D eigenvalue weighted by Gasteiger charge is 2.21. The van der Waals surface area contributed by atoms with Crippen LogP contribution in [0.4, 0.5) is 0 Å². The van der Waals surface area contributed by atoms with E-state index in [0.29, 0.717) is 27.4 Å². The van der Waals surface area contributed by atoms with Crippen molar-refractivity contribution >= 4 is 34.8 Å². The largest absolute Gasteiger partial charge is 0.503 e. The summed E-state index contributed by atoms with van der Waals surface area (Å²) in [7, 11) is 1.41. The number of hydrogen-bond acceptors (Lipinski definition) is 6. The maximum atomic E-state index is 9.82. The Balaban J connectivity index is 2.11. The molecular formula is C16H12Cl3N3O3. The summed E-state index contributed by atoms with van der Waals surface area (Å²) in [4.78, 5) is 8.52. The fourth-order valence-electron chi connectivity index (χ4n) is 2.34. The third-order valence-corrected chi connectivity index (χ3v) is 4.76. The first-order valence-corrected chi connectivity index (χ1v) is 8.20. The number of phenolic OH excluding ortho intramolecular Hbond substituents is 1. The Morgan fingerprint density at radius 1 is 1.12 bits per heavy atom. The molecule has 9 heteroatoms. The third kappa shape index (κ3) is 3.13. The number of methoxy groups -OCH3 is 1. The zero-order valence-electron chi connectivity index (χ0n) is 13.4. The maximum absolute atomic E-state index is 9.82. The highest BCUT2D eigenvalue weighted by Crippen LogP contribution is 2.39. The molecule has 3 aromatic rings. The molecule has 1 aromatic carbocycles. The lowest BCUT2D eigenvalue weighted by molar-refractivity contribution is 0.373. The van der Waals surface area contributed by atoms with Crippen LogP contribution in [-0.2, 0) is 0 Å². The van der Waals surface area contributed by atoms with Gasteiger partial charge in [0.2, 0.25) is 5.82 Å². The molecule has 6 nitrogen and oxygen atoms in total. The van der Waals surface area contributed by atoms with Crippen molar-refractivity contribution in [2.75, 3.05) is 7.11 Å². The number of aromatic hydroxyl groups is 1. The molecule has 0 aliphatic carbocycles. The van der Waals surface area contributed by atoms with E-state index in [9.17, 15) is 5.11 Å². The Kier molecular flexibility index (Phi) is 4.77. The SMILES string of the molecule is COc1cc(-c2nc(-c3c(Cl)nc(C)c(Cl)c3C)no2)cc(Cl)c1O. The molecule has 0 fully saturated rings. The normalized spacial score (nSPS) is 11.0. The number of aryl methyl sites for hydroxylation is 1. The van der Waals surface area contributed by atoms with Gasteiger partial charge < -0.3 is 14.4 Å². The maximum Gasteiger partial charge on any atom is 0.258 e. The van der Waals surface area contributed by atoms with Gasteiger partial charge in [-0.15, -0.1) is 0 Å². The Morgan fingerprint density at radius 2 is 1.84 bits per heavy atom. The molecule has 130 valence electrons. The minimum absolute atomic E-state index is 0.100. The minimum atomic E-state index is -0.166. The van der Waals surface area contributed by atoms with Crippen LogP contribution in [0.25, 0.3) is 22.8 Å². The van der Waals surface area contributed by atoms with Crippen molar-refractivity contribution in [3.8, 4) is 34.3 Å². The summed E-state index contributed by atoms with van der Waals surface area (Å²) in [6.45, 7) is 3.56. The second-order valence-corrected chi connectivity index (χ2v) is 6.38. The average Bonchev–Trinajstić information content (AvgIpc) is 3.04. The average molecular weight is 401 g/mol. The van der Waals surface area contributed by atoms with Gasteiger partial charge in [-0.05, 0) is 31.5 Å². The van der Waals surface area contributed by atoms with Gasteiger partial charge in [-0.1, -0.05) is 40.0 Å². The predicted octanol–water partition coefficient (Wildman–Crippen LogP) is 5.09. The lowest BCUT2D eigenvalue weighted by atomic mass is 10.1. The van der Waals surface area contributed by atoms with Crippen molar-refractivity contribution in [3.63, 3.8) is 0 Å². The number of benzene rings is 1. The number of phenols is 1. The molecule has 0 unspecified atom stereocenters. The second kappa shape index (κ2) is 6.71. The molecule has 0 aliphatic rings. The molecule has 0 bridgehead atoms. The Labute approximate surface area is 158 Å². The van der Waals surface area contributed by atoms with Crippen LogP contribution in [0, 0.1) is 13.8 Å². The van der Waals surface area contributed by atoms with Crippen molar-refractivity contribution in [1.82, 2.24) is 15.1 Å². The van der Waals surface area contributed by atoms with Crippen LogP contribution in [0.2, 0.25) is 15.2 Å². The summed E-state index contributed by atoms with van der Waals surface area (Å²) in [5, 5.41) is 14.6. The molecule has 2 heterocycles. The summed E-state index contributed by atoms with van der Waals surface area (Å²) < 4.78 is 10.4. The first-order chi connectivity index (χ1) is 11.8. The lowest BCUT2D eigenvalue weighted by Crippen LogP contribution is -1.95. The standard InChI is InChI=1S/C16H12Cl3N3O3/c1-6-11(14(19)20-7(2)12(6)18)15-21-16(25-22-15)8-4-9(17)13(23)10(5-8)24-3/h4-5,23H,1-3H3. The van der Waals surface area contributed by atoms with Gasteiger partial charge in [0.1, 0.15) is 5.15 Å². The van der Waals surface area contributed by atoms with Gasteiger partial charge in [-0.2, -0.15) is 4.98 Å². The summed E-state index contributed by atoms with van der Waals surface area (Å²) in [6.07, 6.45) is 0. The second-order valence-electron chi connectivity index (χ2n) is 5.23. The molecule has 0 saturated heterocycles. The molecule has 0 aliphatic heterocycles.